The molecule has 0 aromatic carbocycles. The van der Waals surface area contributed by atoms with Gasteiger partial charge in [0.15, 0.2) is 0 Å². The van der Waals surface area contributed by atoms with E-state index in [-0.39, 0.29) is 17.4 Å². The van der Waals surface area contributed by atoms with E-state index in [0.29, 0.717) is 12.5 Å². The first-order valence-corrected chi connectivity index (χ1v) is 4.92. The Balaban J connectivity index is 2.57. The van der Waals surface area contributed by atoms with E-state index in [0.717, 1.165) is 0 Å². The van der Waals surface area contributed by atoms with Crippen LogP contribution in [0.5, 0.6) is 0 Å². The van der Waals surface area contributed by atoms with E-state index >= 15 is 0 Å². The van der Waals surface area contributed by atoms with Gasteiger partial charge >= 0.3 is 0 Å². The van der Waals surface area contributed by atoms with Crippen LogP contribution in [-0.2, 0) is 0 Å². The van der Waals surface area contributed by atoms with Crippen molar-refractivity contribution >= 4 is 0 Å². The van der Waals surface area contributed by atoms with Crippen molar-refractivity contribution < 1.29 is 5.11 Å². The smallest absolute Gasteiger partial charge is 0.0636 e. The zero-order valence-corrected chi connectivity index (χ0v) is 8.38. The Labute approximate surface area is 75.2 Å². The van der Waals surface area contributed by atoms with Crippen molar-refractivity contribution in [3.63, 3.8) is 0 Å². The number of aliphatic hydroxyl groups is 1. The number of hydrogen-bond donors (Lipinski definition) is 2. The van der Waals surface area contributed by atoms with Gasteiger partial charge in [-0.1, -0.05) is 20.8 Å². The molecule has 2 atom stereocenters. The minimum Gasteiger partial charge on any atom is -0.392 e. The van der Waals surface area contributed by atoms with E-state index in [1.54, 1.807) is 0 Å². The molecule has 2 unspecified atom stereocenters. The van der Waals surface area contributed by atoms with Gasteiger partial charge < -0.3 is 10.8 Å². The highest BCUT2D eigenvalue weighted by Gasteiger charge is 2.52. The third-order valence-electron chi connectivity index (χ3n) is 3.48. The maximum atomic E-state index is 10.00. The lowest BCUT2D eigenvalue weighted by Gasteiger charge is -2.30. The summed E-state index contributed by atoms with van der Waals surface area (Å²) >= 11 is 0. The minimum atomic E-state index is -0.192. The lowest BCUT2D eigenvalue weighted by atomic mass is 9.81. The third-order valence-corrected chi connectivity index (χ3v) is 3.48. The minimum absolute atomic E-state index is 0.192. The van der Waals surface area contributed by atoms with Crippen molar-refractivity contribution in [1.29, 1.82) is 0 Å². The largest absolute Gasteiger partial charge is 0.392 e. The standard InChI is InChI=1S/C10H21NO/c1-7(2)10(4-5-10)9(12)8(3)6-11/h7-9,12H,4-6,11H2,1-3H3. The summed E-state index contributed by atoms with van der Waals surface area (Å²) in [6.45, 7) is 7.02. The van der Waals surface area contributed by atoms with Crippen LogP contribution in [0.4, 0.5) is 0 Å². The molecule has 1 fully saturated rings. The molecule has 0 aromatic rings. The van der Waals surface area contributed by atoms with Crippen molar-refractivity contribution in [2.24, 2.45) is 23.0 Å². The van der Waals surface area contributed by atoms with Crippen LogP contribution in [0.1, 0.15) is 33.6 Å². The van der Waals surface area contributed by atoms with E-state index in [4.69, 9.17) is 5.73 Å². The van der Waals surface area contributed by atoms with Gasteiger partial charge in [0.2, 0.25) is 0 Å². The first-order chi connectivity index (χ1) is 5.54. The summed E-state index contributed by atoms with van der Waals surface area (Å²) in [5.41, 5.74) is 5.74. The molecule has 0 amide bonds. The summed E-state index contributed by atoms with van der Waals surface area (Å²) in [5.74, 6) is 0.830. The fraction of sp³-hybridized carbons (Fsp3) is 1.00. The van der Waals surface area contributed by atoms with Gasteiger partial charge in [0.05, 0.1) is 6.10 Å². The summed E-state index contributed by atoms with van der Waals surface area (Å²) in [6.07, 6.45) is 2.16. The fourth-order valence-corrected chi connectivity index (χ4v) is 2.05. The molecule has 1 saturated carbocycles. The normalized spacial score (nSPS) is 25.5. The summed E-state index contributed by atoms with van der Waals surface area (Å²) in [4.78, 5) is 0. The van der Waals surface area contributed by atoms with Crippen LogP contribution in [0.15, 0.2) is 0 Å². The van der Waals surface area contributed by atoms with Gasteiger partial charge in [0.1, 0.15) is 0 Å². The molecule has 1 aliphatic rings. The SMILES string of the molecule is CC(CN)C(O)C1(C(C)C)CC1. The number of rotatable bonds is 4. The average Bonchev–Trinajstić information content (AvgIpc) is 2.81. The molecule has 1 rings (SSSR count). The molecule has 0 saturated heterocycles. The lowest BCUT2D eigenvalue weighted by molar-refractivity contribution is 0.0232. The van der Waals surface area contributed by atoms with Crippen LogP contribution in [0.2, 0.25) is 0 Å². The van der Waals surface area contributed by atoms with Gasteiger partial charge in [-0.15, -0.1) is 0 Å². The van der Waals surface area contributed by atoms with Gasteiger partial charge in [-0.3, -0.25) is 0 Å². The summed E-state index contributed by atoms with van der Waals surface area (Å²) < 4.78 is 0. The lowest BCUT2D eigenvalue weighted by Crippen LogP contribution is -2.36. The highest BCUT2D eigenvalue weighted by molar-refractivity contribution is 5.02. The second kappa shape index (κ2) is 3.35. The Morgan fingerprint density at radius 3 is 2.08 bits per heavy atom. The van der Waals surface area contributed by atoms with Crippen LogP contribution in [-0.4, -0.2) is 17.8 Å². The van der Waals surface area contributed by atoms with Crippen molar-refractivity contribution in [2.75, 3.05) is 6.54 Å². The Hall–Kier alpha value is -0.0800. The molecular formula is C10H21NO. The molecule has 0 aromatic heterocycles. The molecule has 0 aliphatic heterocycles. The summed E-state index contributed by atoms with van der Waals surface area (Å²) in [6, 6.07) is 0. The molecule has 0 radical (unpaired) electrons. The van der Waals surface area contributed by atoms with Gasteiger partial charge in [-0.2, -0.15) is 0 Å². The molecule has 12 heavy (non-hydrogen) atoms. The highest BCUT2D eigenvalue weighted by atomic mass is 16.3. The van der Waals surface area contributed by atoms with E-state index < -0.39 is 0 Å². The van der Waals surface area contributed by atoms with Crippen LogP contribution < -0.4 is 5.73 Å². The van der Waals surface area contributed by atoms with Crippen molar-refractivity contribution in [3.8, 4) is 0 Å². The van der Waals surface area contributed by atoms with Gasteiger partial charge in [-0.05, 0) is 36.6 Å². The molecule has 2 nitrogen and oxygen atoms in total. The summed E-state index contributed by atoms with van der Waals surface area (Å²) in [5, 5.41) is 10.00. The molecule has 0 heterocycles. The number of aliphatic hydroxyl groups excluding tert-OH is 1. The Bertz CT molecular complexity index is 152. The van der Waals surface area contributed by atoms with Gasteiger partial charge in [0.25, 0.3) is 0 Å². The third kappa shape index (κ3) is 1.50. The zero-order chi connectivity index (χ0) is 9.35. The zero-order valence-electron chi connectivity index (χ0n) is 8.38. The van der Waals surface area contributed by atoms with Crippen molar-refractivity contribution in [2.45, 2.75) is 39.7 Å². The Kier molecular flexibility index (Phi) is 2.79. The van der Waals surface area contributed by atoms with Crippen molar-refractivity contribution in [3.05, 3.63) is 0 Å². The molecule has 2 heteroatoms. The van der Waals surface area contributed by atoms with Crippen LogP contribution in [0.25, 0.3) is 0 Å². The maximum Gasteiger partial charge on any atom is 0.0636 e. The molecule has 0 bridgehead atoms. The topological polar surface area (TPSA) is 46.2 Å². The molecule has 0 spiro atoms. The van der Waals surface area contributed by atoms with Crippen LogP contribution in [0.3, 0.4) is 0 Å². The van der Waals surface area contributed by atoms with E-state index in [9.17, 15) is 5.11 Å². The number of nitrogens with two attached hydrogens (primary N) is 1. The fourth-order valence-electron chi connectivity index (χ4n) is 2.05. The van der Waals surface area contributed by atoms with E-state index in [2.05, 4.69) is 13.8 Å². The first kappa shape index (κ1) is 10.0. The first-order valence-electron chi connectivity index (χ1n) is 4.92. The maximum absolute atomic E-state index is 10.00. The summed E-state index contributed by atoms with van der Waals surface area (Å²) in [7, 11) is 0. The second-order valence-corrected chi connectivity index (χ2v) is 4.55. The van der Waals surface area contributed by atoms with Gasteiger partial charge in [-0.25, -0.2) is 0 Å². The van der Waals surface area contributed by atoms with Crippen LogP contribution >= 0.6 is 0 Å². The Morgan fingerprint density at radius 1 is 1.33 bits per heavy atom. The second-order valence-electron chi connectivity index (χ2n) is 4.55. The quantitative estimate of drug-likeness (QED) is 0.671. The monoisotopic (exact) mass is 171 g/mol. The van der Waals surface area contributed by atoms with E-state index in [1.807, 2.05) is 6.92 Å². The van der Waals surface area contributed by atoms with Crippen LogP contribution in [0, 0.1) is 17.3 Å². The van der Waals surface area contributed by atoms with Gasteiger partial charge in [0, 0.05) is 0 Å². The molecule has 72 valence electrons. The van der Waals surface area contributed by atoms with E-state index in [1.165, 1.54) is 12.8 Å². The average molecular weight is 171 g/mol. The molecule has 3 N–H and O–H groups in total. The Morgan fingerprint density at radius 2 is 1.83 bits per heavy atom. The predicted octanol–water partition coefficient (Wildman–Crippen LogP) is 1.38. The highest BCUT2D eigenvalue weighted by Crippen LogP contribution is 2.56. The van der Waals surface area contributed by atoms with Crippen molar-refractivity contribution in [1.82, 2.24) is 0 Å². The number of hydrogen-bond acceptors (Lipinski definition) is 2. The molecular weight excluding hydrogens is 150 g/mol. The predicted molar refractivity (Wildman–Crippen MR) is 50.7 cm³/mol. The molecule has 1 aliphatic carbocycles.